The lowest BCUT2D eigenvalue weighted by molar-refractivity contribution is -0.153. The Morgan fingerprint density at radius 1 is 1.00 bits per heavy atom. The van der Waals surface area contributed by atoms with Crippen LogP contribution in [0.25, 0.3) is 10.9 Å². The molecule has 2 aliphatic rings. The van der Waals surface area contributed by atoms with E-state index in [0.29, 0.717) is 35.3 Å². The van der Waals surface area contributed by atoms with Gasteiger partial charge >= 0.3 is 0 Å². The monoisotopic (exact) mass is 577 g/mol. The highest BCUT2D eigenvalue weighted by Crippen LogP contribution is 2.36. The Morgan fingerprint density at radius 2 is 1.66 bits per heavy atom. The highest BCUT2D eigenvalue weighted by molar-refractivity contribution is 6.31. The Balaban J connectivity index is 1.55. The smallest absolute Gasteiger partial charge is 0.249 e. The van der Waals surface area contributed by atoms with Crippen LogP contribution in [0.2, 0.25) is 5.02 Å². The quantitative estimate of drug-likeness (QED) is 0.410. The third-order valence-corrected chi connectivity index (χ3v) is 9.36. The number of amides is 2. The highest BCUT2D eigenvalue weighted by atomic mass is 35.5. The summed E-state index contributed by atoms with van der Waals surface area (Å²) in [5.74, 6) is -1.25. The zero-order chi connectivity index (χ0) is 29.1. The number of rotatable bonds is 8. The van der Waals surface area contributed by atoms with Crippen molar-refractivity contribution in [2.75, 3.05) is 26.2 Å². The van der Waals surface area contributed by atoms with E-state index in [4.69, 9.17) is 17.3 Å². The van der Waals surface area contributed by atoms with Crippen LogP contribution < -0.4 is 5.73 Å². The summed E-state index contributed by atoms with van der Waals surface area (Å²) in [6, 6.07) is 14.1. The number of fused-ring (bicyclic) bond motifs is 1. The summed E-state index contributed by atoms with van der Waals surface area (Å²) in [4.78, 5) is 50.4. The number of aromatic amines is 1. The average molecular weight is 578 g/mol. The van der Waals surface area contributed by atoms with Crippen LogP contribution in [0.15, 0.2) is 54.7 Å². The number of halogens is 1. The van der Waals surface area contributed by atoms with Crippen LogP contribution in [0.1, 0.15) is 57.1 Å². The first kappa shape index (κ1) is 29.5. The van der Waals surface area contributed by atoms with Gasteiger partial charge in [-0.15, -0.1) is 0 Å². The number of benzene rings is 2. The maximum Gasteiger partial charge on any atom is 0.249 e. The van der Waals surface area contributed by atoms with Crippen molar-refractivity contribution in [2.24, 2.45) is 5.73 Å². The number of piperidine rings is 2. The Morgan fingerprint density at radius 3 is 2.32 bits per heavy atom. The summed E-state index contributed by atoms with van der Waals surface area (Å²) in [7, 11) is 0. The van der Waals surface area contributed by atoms with Gasteiger partial charge in [-0.05, 0) is 63.4 Å². The molecule has 2 amide bonds. The molecule has 1 aromatic heterocycles. The summed E-state index contributed by atoms with van der Waals surface area (Å²) >= 11 is 6.44. The number of nitrogens with zero attached hydrogens (tertiary/aromatic N) is 3. The van der Waals surface area contributed by atoms with Gasteiger partial charge in [0.2, 0.25) is 11.8 Å². The molecule has 2 aliphatic heterocycles. The number of carbonyl (C=O) groups excluding carboxylic acids is 3. The molecule has 41 heavy (non-hydrogen) atoms. The second-order valence-electron chi connectivity index (χ2n) is 11.5. The lowest BCUT2D eigenvalue weighted by Crippen LogP contribution is -2.67. The van der Waals surface area contributed by atoms with Crippen molar-refractivity contribution < 1.29 is 14.4 Å². The predicted octanol–water partition coefficient (Wildman–Crippen LogP) is 4.46. The van der Waals surface area contributed by atoms with Crippen LogP contribution in [-0.4, -0.2) is 75.5 Å². The molecule has 5 rings (SSSR count). The first-order chi connectivity index (χ1) is 19.7. The van der Waals surface area contributed by atoms with Crippen molar-refractivity contribution in [1.29, 1.82) is 0 Å². The van der Waals surface area contributed by atoms with E-state index in [9.17, 15) is 14.4 Å². The summed E-state index contributed by atoms with van der Waals surface area (Å²) in [6.07, 6.45) is 7.18. The van der Waals surface area contributed by atoms with Gasteiger partial charge in [-0.3, -0.25) is 24.2 Å². The van der Waals surface area contributed by atoms with Crippen LogP contribution in [0.4, 0.5) is 0 Å². The van der Waals surface area contributed by atoms with Gasteiger partial charge in [0, 0.05) is 53.7 Å². The zero-order valence-electron chi connectivity index (χ0n) is 23.9. The number of imide groups is 1. The summed E-state index contributed by atoms with van der Waals surface area (Å²) in [5.41, 5.74) is 7.52. The number of ketones is 1. The first-order valence-corrected chi connectivity index (χ1v) is 15.0. The average Bonchev–Trinajstić information content (AvgIpc) is 3.42. The second-order valence-corrected chi connectivity index (χ2v) is 11.9. The Bertz CT molecular complexity index is 1410. The zero-order valence-corrected chi connectivity index (χ0v) is 24.7. The standard InChI is InChI=1S/C32H40ClN5O3/c1-22(39)32(34,27-20-35-29-13-7-5-11-26(27)29)30(37-18-14-25(15-19-37)36-16-8-3-9-17-36)31(41)38(23(2)40)21-24-10-4-6-12-28(24)33/h4-7,10-13,20,25,30,35H,3,8-9,14-19,21,34H2,1-2H3. The molecule has 2 aromatic carbocycles. The number of H-pyrrole nitrogens is 1. The fourth-order valence-corrected chi connectivity index (χ4v) is 6.86. The fourth-order valence-electron chi connectivity index (χ4n) is 6.66. The van der Waals surface area contributed by atoms with E-state index in [-0.39, 0.29) is 12.3 Å². The molecule has 2 fully saturated rings. The number of aromatic nitrogens is 1. The van der Waals surface area contributed by atoms with E-state index in [1.165, 1.54) is 38.0 Å². The maximum absolute atomic E-state index is 14.6. The first-order valence-electron chi connectivity index (χ1n) is 14.6. The molecule has 2 saturated heterocycles. The number of nitrogens with one attached hydrogen (secondary N) is 1. The van der Waals surface area contributed by atoms with Crippen molar-refractivity contribution in [3.63, 3.8) is 0 Å². The van der Waals surface area contributed by atoms with E-state index in [1.54, 1.807) is 24.4 Å². The van der Waals surface area contributed by atoms with Crippen LogP contribution >= 0.6 is 11.6 Å². The normalized spacial score (nSPS) is 19.5. The molecule has 0 spiro atoms. The molecule has 0 aliphatic carbocycles. The van der Waals surface area contributed by atoms with E-state index < -0.39 is 23.4 Å². The van der Waals surface area contributed by atoms with Gasteiger partial charge in [-0.1, -0.05) is 54.4 Å². The van der Waals surface area contributed by atoms with Crippen molar-refractivity contribution in [2.45, 2.75) is 70.1 Å². The minimum Gasteiger partial charge on any atom is -0.361 e. The van der Waals surface area contributed by atoms with Crippen molar-refractivity contribution >= 4 is 40.1 Å². The molecule has 2 atom stereocenters. The van der Waals surface area contributed by atoms with E-state index in [0.717, 1.165) is 36.8 Å². The number of hydrogen-bond donors (Lipinski definition) is 2. The molecular formula is C32H40ClN5O3. The lowest BCUT2D eigenvalue weighted by atomic mass is 9.77. The van der Waals surface area contributed by atoms with Crippen molar-refractivity contribution in [1.82, 2.24) is 19.7 Å². The number of hydrogen-bond acceptors (Lipinski definition) is 6. The Labute approximate surface area is 246 Å². The Kier molecular flexibility index (Phi) is 8.94. The maximum atomic E-state index is 14.6. The second kappa shape index (κ2) is 12.4. The lowest BCUT2D eigenvalue weighted by Gasteiger charge is -2.47. The number of para-hydroxylation sites is 1. The molecule has 3 N–H and O–H groups in total. The summed E-state index contributed by atoms with van der Waals surface area (Å²) < 4.78 is 0. The SMILES string of the molecule is CC(=O)N(Cc1ccccc1Cl)C(=O)C(N1CCC(N2CCCCC2)CC1)C(N)(C(C)=O)c1c[nH]c2ccccc12. The number of Topliss-reactive ketones (excluding diaryl/α,β-unsaturated/α-hetero) is 1. The van der Waals surface area contributed by atoms with E-state index in [2.05, 4.69) is 9.88 Å². The van der Waals surface area contributed by atoms with Gasteiger partial charge < -0.3 is 15.6 Å². The molecule has 8 nitrogen and oxygen atoms in total. The van der Waals surface area contributed by atoms with Crippen LogP contribution in [0.3, 0.4) is 0 Å². The molecular weight excluding hydrogens is 538 g/mol. The minimum absolute atomic E-state index is 0.00352. The van der Waals surface area contributed by atoms with Gasteiger partial charge in [0.15, 0.2) is 5.78 Å². The largest absolute Gasteiger partial charge is 0.361 e. The molecule has 0 radical (unpaired) electrons. The minimum atomic E-state index is -1.69. The Hall–Kier alpha value is -3.04. The molecule has 3 aromatic rings. The van der Waals surface area contributed by atoms with Gasteiger partial charge in [-0.25, -0.2) is 0 Å². The number of carbonyl (C=O) groups is 3. The third-order valence-electron chi connectivity index (χ3n) is 8.99. The summed E-state index contributed by atoms with van der Waals surface area (Å²) in [5, 5.41) is 1.25. The van der Waals surface area contributed by atoms with Crippen LogP contribution in [0, 0.1) is 0 Å². The van der Waals surface area contributed by atoms with Crippen molar-refractivity contribution in [3.05, 3.63) is 70.9 Å². The van der Waals surface area contributed by atoms with Crippen molar-refractivity contribution in [3.8, 4) is 0 Å². The van der Waals surface area contributed by atoms with Crippen LogP contribution in [0.5, 0.6) is 0 Å². The van der Waals surface area contributed by atoms with E-state index >= 15 is 0 Å². The topological polar surface area (TPSA) is 103 Å². The predicted molar refractivity (Wildman–Crippen MR) is 161 cm³/mol. The van der Waals surface area contributed by atoms with Gasteiger partial charge in [0.1, 0.15) is 11.6 Å². The molecule has 9 heteroatoms. The molecule has 218 valence electrons. The molecule has 3 heterocycles. The fraction of sp³-hybridized carbons (Fsp3) is 0.469. The molecule has 0 bridgehead atoms. The number of likely N-dealkylation sites (tertiary alicyclic amines) is 2. The molecule has 0 saturated carbocycles. The van der Waals surface area contributed by atoms with Gasteiger partial charge in [0.05, 0.1) is 6.54 Å². The number of nitrogens with two attached hydrogens (primary N) is 1. The highest BCUT2D eigenvalue weighted by Gasteiger charge is 2.52. The van der Waals surface area contributed by atoms with E-state index in [1.807, 2.05) is 35.2 Å². The third kappa shape index (κ3) is 5.84. The van der Waals surface area contributed by atoms with Gasteiger partial charge in [-0.2, -0.15) is 0 Å². The van der Waals surface area contributed by atoms with Crippen LogP contribution in [-0.2, 0) is 26.5 Å². The molecule has 2 unspecified atom stereocenters. The van der Waals surface area contributed by atoms with Gasteiger partial charge in [0.25, 0.3) is 0 Å². The summed E-state index contributed by atoms with van der Waals surface area (Å²) in [6.45, 7) is 6.21.